The molecule has 0 saturated carbocycles. The summed E-state index contributed by atoms with van der Waals surface area (Å²) < 4.78 is 0. The molecule has 5 nitrogen and oxygen atoms in total. The number of unbranched alkanes of at least 4 members (excludes halogenated alkanes) is 1. The number of carboxylic acid groups (broad SMARTS) is 1. The molecule has 7 heteroatoms. The summed E-state index contributed by atoms with van der Waals surface area (Å²) in [5.41, 5.74) is 0. The second-order valence-electron chi connectivity index (χ2n) is 2.93. The summed E-state index contributed by atoms with van der Waals surface area (Å²) in [5.74, 6) is -0.754. The minimum Gasteiger partial charge on any atom is -0.481 e. The summed E-state index contributed by atoms with van der Waals surface area (Å²) in [4.78, 5) is 10.4. The Balaban J connectivity index is -0.000000249. The predicted molar refractivity (Wildman–Crippen MR) is 53.4 cm³/mol. The van der Waals surface area contributed by atoms with Gasteiger partial charge in [0.1, 0.15) is 0 Å². The molecule has 0 fully saturated rings. The minimum atomic E-state index is -2.17. The van der Waals surface area contributed by atoms with Crippen LogP contribution >= 0.6 is 0 Å². The smallest absolute Gasteiger partial charge is 0.481 e. The monoisotopic (exact) mass is 313 g/mol. The van der Waals surface area contributed by atoms with E-state index < -0.39 is 13.3 Å². The van der Waals surface area contributed by atoms with Crippen LogP contribution in [0, 0.1) is 5.92 Å². The van der Waals surface area contributed by atoms with E-state index >= 15 is 0 Å². The van der Waals surface area contributed by atoms with Gasteiger partial charge in [-0.3, -0.25) is 4.79 Å². The van der Waals surface area contributed by atoms with Gasteiger partial charge in [-0.05, 0) is 12.8 Å². The number of rotatable bonds is 5. The first kappa shape index (κ1) is 20.6. The Labute approximate surface area is 106 Å². The van der Waals surface area contributed by atoms with Gasteiger partial charge in [0, 0.05) is 22.4 Å². The number of hydrogen-bond donors (Lipinski definition) is 4. The van der Waals surface area contributed by atoms with Crippen LogP contribution in [0.1, 0.15) is 39.5 Å². The van der Waals surface area contributed by atoms with E-state index in [0.717, 1.165) is 25.7 Å². The van der Waals surface area contributed by atoms with Gasteiger partial charge in [0.25, 0.3) is 0 Å². The number of hydrogen-bond acceptors (Lipinski definition) is 4. The summed E-state index contributed by atoms with van der Waals surface area (Å²) in [6.07, 6.45) is 3.71. The molecule has 0 aromatic rings. The molecule has 0 aliphatic heterocycles. The summed E-state index contributed by atoms with van der Waals surface area (Å²) in [6.45, 7) is 4.00. The van der Waals surface area contributed by atoms with Crippen LogP contribution in [0.5, 0.6) is 0 Å². The molecule has 0 aliphatic rings. The van der Waals surface area contributed by atoms with Crippen molar-refractivity contribution >= 4 is 13.3 Å². The summed E-state index contributed by atoms with van der Waals surface area (Å²) in [6, 6.07) is 0. The van der Waals surface area contributed by atoms with Crippen molar-refractivity contribution < 1.29 is 47.4 Å². The van der Waals surface area contributed by atoms with Crippen molar-refractivity contribution in [2.45, 2.75) is 39.5 Å². The standard InChI is InChI=1S/C8H16O2.Ag.BH3O3/c1-3-5-6-7(4-2)8(9)10;;2-1(3)4/h7H,3-6H2,1-2H3,(H,9,10);;2-4H. The molecule has 4 N–H and O–H groups in total. The summed E-state index contributed by atoms with van der Waals surface area (Å²) in [7, 11) is -2.17. The van der Waals surface area contributed by atoms with Crippen LogP contribution in [-0.2, 0) is 27.2 Å². The first-order chi connectivity index (χ1) is 6.45. The molecule has 0 aromatic heterocycles. The Bertz CT molecular complexity index is 142. The maximum Gasteiger partial charge on any atom is 0.631 e. The van der Waals surface area contributed by atoms with E-state index in [9.17, 15) is 4.79 Å². The first-order valence-corrected chi connectivity index (χ1v) is 4.72. The predicted octanol–water partition coefficient (Wildman–Crippen LogP) is 0.233. The van der Waals surface area contributed by atoms with Crippen molar-refractivity contribution in [1.29, 1.82) is 0 Å². The van der Waals surface area contributed by atoms with Crippen molar-refractivity contribution in [3.63, 3.8) is 0 Å². The molecule has 0 spiro atoms. The molecular weight excluding hydrogens is 295 g/mol. The largest absolute Gasteiger partial charge is 0.631 e. The molecule has 1 radical (unpaired) electrons. The average molecular weight is 314 g/mol. The quantitative estimate of drug-likeness (QED) is 0.545. The van der Waals surface area contributed by atoms with Gasteiger partial charge in [-0.15, -0.1) is 0 Å². The Hall–Kier alpha value is 0.155. The Morgan fingerprint density at radius 1 is 1.27 bits per heavy atom. The average Bonchev–Trinajstić information content (AvgIpc) is 2.04. The first-order valence-electron chi connectivity index (χ1n) is 4.72. The van der Waals surface area contributed by atoms with E-state index in [4.69, 9.17) is 20.2 Å². The fourth-order valence-electron chi connectivity index (χ4n) is 0.953. The van der Waals surface area contributed by atoms with Gasteiger partial charge < -0.3 is 20.2 Å². The van der Waals surface area contributed by atoms with E-state index in [2.05, 4.69) is 6.92 Å². The Kier molecular flexibility index (Phi) is 19.4. The zero-order valence-corrected chi connectivity index (χ0v) is 10.5. The maximum atomic E-state index is 10.4. The van der Waals surface area contributed by atoms with Crippen LogP contribution in [-0.4, -0.2) is 33.5 Å². The van der Waals surface area contributed by atoms with Crippen LogP contribution in [0.2, 0.25) is 0 Å². The topological polar surface area (TPSA) is 98.0 Å². The van der Waals surface area contributed by atoms with Crippen molar-refractivity contribution in [3.05, 3.63) is 0 Å². The van der Waals surface area contributed by atoms with Crippen molar-refractivity contribution in [2.24, 2.45) is 5.92 Å². The molecule has 0 bridgehead atoms. The maximum absolute atomic E-state index is 10.4. The molecule has 1 atom stereocenters. The van der Waals surface area contributed by atoms with Gasteiger partial charge in [-0.1, -0.05) is 26.7 Å². The second-order valence-corrected chi connectivity index (χ2v) is 2.93. The SMILES string of the molecule is CCCCC(CC)C(=O)O.OB(O)O.[Ag]. The molecule has 95 valence electrons. The van der Waals surface area contributed by atoms with Gasteiger partial charge in [0.2, 0.25) is 0 Å². The number of carbonyl (C=O) groups is 1. The van der Waals surface area contributed by atoms with E-state index in [1.807, 2.05) is 6.92 Å². The van der Waals surface area contributed by atoms with Crippen LogP contribution in [0.15, 0.2) is 0 Å². The van der Waals surface area contributed by atoms with E-state index in [0.29, 0.717) is 0 Å². The molecule has 0 aliphatic carbocycles. The molecule has 0 aromatic carbocycles. The third kappa shape index (κ3) is 20.3. The van der Waals surface area contributed by atoms with E-state index in [1.165, 1.54) is 0 Å². The Morgan fingerprint density at radius 2 is 1.67 bits per heavy atom. The second kappa shape index (κ2) is 14.2. The summed E-state index contributed by atoms with van der Waals surface area (Å²) >= 11 is 0. The van der Waals surface area contributed by atoms with Crippen LogP contribution in [0.3, 0.4) is 0 Å². The fourth-order valence-corrected chi connectivity index (χ4v) is 0.953. The van der Waals surface area contributed by atoms with Gasteiger partial charge in [-0.2, -0.15) is 0 Å². The number of carboxylic acids is 1. The van der Waals surface area contributed by atoms with Crippen molar-refractivity contribution in [1.82, 2.24) is 0 Å². The molecule has 1 unspecified atom stereocenters. The third-order valence-electron chi connectivity index (χ3n) is 1.75. The molecule has 0 heterocycles. The van der Waals surface area contributed by atoms with Crippen molar-refractivity contribution in [2.75, 3.05) is 0 Å². The molecule has 15 heavy (non-hydrogen) atoms. The van der Waals surface area contributed by atoms with E-state index in [1.54, 1.807) is 0 Å². The minimum absolute atomic E-state index is 0. The third-order valence-corrected chi connectivity index (χ3v) is 1.75. The molecule has 0 rings (SSSR count). The van der Waals surface area contributed by atoms with Gasteiger partial charge in [-0.25, -0.2) is 0 Å². The van der Waals surface area contributed by atoms with E-state index in [-0.39, 0.29) is 28.3 Å². The van der Waals surface area contributed by atoms with Crippen molar-refractivity contribution in [3.8, 4) is 0 Å². The van der Waals surface area contributed by atoms with Crippen LogP contribution in [0.25, 0.3) is 0 Å². The van der Waals surface area contributed by atoms with Gasteiger partial charge in [0.05, 0.1) is 5.92 Å². The number of aliphatic carboxylic acids is 1. The summed E-state index contributed by atoms with van der Waals surface area (Å²) in [5, 5.41) is 30.1. The van der Waals surface area contributed by atoms with Crippen LogP contribution in [0.4, 0.5) is 0 Å². The molecule has 0 saturated heterocycles. The normalized spacial score (nSPS) is 10.5. The molecular formula is C8H19AgBO5. The fraction of sp³-hybridized carbons (Fsp3) is 0.875. The van der Waals surface area contributed by atoms with Gasteiger partial charge in [0.15, 0.2) is 0 Å². The molecule has 0 amide bonds. The zero-order valence-electron chi connectivity index (χ0n) is 8.98. The van der Waals surface area contributed by atoms with Gasteiger partial charge >= 0.3 is 13.3 Å². The zero-order chi connectivity index (χ0) is 11.6. The Morgan fingerprint density at radius 3 is 1.87 bits per heavy atom. The van der Waals surface area contributed by atoms with Crippen LogP contribution < -0.4 is 0 Å².